The Kier molecular flexibility index (Phi) is 4.84. The number of carbonyl (C=O) groups excluding carboxylic acids is 1. The molecule has 0 aliphatic carbocycles. The number of nitrogens with zero attached hydrogens (tertiary/aromatic N) is 2. The van der Waals surface area contributed by atoms with Gasteiger partial charge in [-0.05, 0) is 41.8 Å². The number of aliphatic imine (C=N–C) groups is 1. The van der Waals surface area contributed by atoms with E-state index >= 15 is 0 Å². The molecule has 27 heavy (non-hydrogen) atoms. The summed E-state index contributed by atoms with van der Waals surface area (Å²) in [5, 5.41) is 9.89. The van der Waals surface area contributed by atoms with Crippen LogP contribution in [0.5, 0.6) is 5.75 Å². The van der Waals surface area contributed by atoms with Gasteiger partial charge in [0, 0.05) is 7.05 Å². The molecular weight excluding hydrogens is 356 g/mol. The van der Waals surface area contributed by atoms with E-state index in [2.05, 4.69) is 9.73 Å². The molecule has 0 aromatic heterocycles. The molecule has 3 N–H and O–H groups in total. The van der Waals surface area contributed by atoms with Crippen molar-refractivity contribution in [3.8, 4) is 5.75 Å². The minimum absolute atomic E-state index is 0.0302. The largest absolute Gasteiger partial charge is 0.435 e. The first kappa shape index (κ1) is 18.8. The zero-order valence-corrected chi connectivity index (χ0v) is 14.8. The first-order valence-electron chi connectivity index (χ1n) is 8.23. The molecule has 1 amide bonds. The van der Waals surface area contributed by atoms with Crippen LogP contribution in [0, 0.1) is 0 Å². The average molecular weight is 375 g/mol. The maximum Gasteiger partial charge on any atom is 0.387 e. The normalized spacial score (nSPS) is 20.7. The van der Waals surface area contributed by atoms with Gasteiger partial charge >= 0.3 is 6.61 Å². The summed E-state index contributed by atoms with van der Waals surface area (Å²) < 4.78 is 29.2. The molecule has 0 saturated carbocycles. The van der Waals surface area contributed by atoms with Crippen LogP contribution in [0.1, 0.15) is 29.7 Å². The maximum absolute atomic E-state index is 13.1. The Labute approximate surface area is 154 Å². The molecule has 2 unspecified atom stereocenters. The Morgan fingerprint density at radius 2 is 1.85 bits per heavy atom. The lowest BCUT2D eigenvalue weighted by atomic mass is 9.82. The van der Waals surface area contributed by atoms with Crippen LogP contribution in [0.4, 0.5) is 8.78 Å². The number of likely N-dealkylation sites (N-methyl/N-ethyl adjacent to an activating group) is 1. The Balaban J connectivity index is 2.16. The highest BCUT2D eigenvalue weighted by Gasteiger charge is 2.49. The summed E-state index contributed by atoms with van der Waals surface area (Å²) >= 11 is 0. The lowest BCUT2D eigenvalue weighted by Crippen LogP contribution is -2.41. The van der Waals surface area contributed by atoms with Gasteiger partial charge < -0.3 is 15.6 Å². The molecule has 1 aliphatic rings. The van der Waals surface area contributed by atoms with Crippen LogP contribution in [-0.4, -0.2) is 35.5 Å². The predicted molar refractivity (Wildman–Crippen MR) is 95.3 cm³/mol. The van der Waals surface area contributed by atoms with Crippen LogP contribution < -0.4 is 10.5 Å². The van der Waals surface area contributed by atoms with Crippen LogP contribution in [0.25, 0.3) is 0 Å². The monoisotopic (exact) mass is 375 g/mol. The predicted octanol–water partition coefficient (Wildman–Crippen LogP) is 2.37. The second-order valence-electron chi connectivity index (χ2n) is 6.25. The van der Waals surface area contributed by atoms with E-state index in [9.17, 15) is 18.7 Å². The van der Waals surface area contributed by atoms with Gasteiger partial charge in [-0.3, -0.25) is 9.69 Å². The fourth-order valence-electron chi connectivity index (χ4n) is 3.09. The minimum Gasteiger partial charge on any atom is -0.435 e. The number of guanidine groups is 1. The van der Waals surface area contributed by atoms with Gasteiger partial charge in [0.25, 0.3) is 5.91 Å². The summed E-state index contributed by atoms with van der Waals surface area (Å²) in [6, 6.07) is 12.5. The third-order valence-corrected chi connectivity index (χ3v) is 4.52. The first-order valence-corrected chi connectivity index (χ1v) is 8.23. The fourth-order valence-corrected chi connectivity index (χ4v) is 3.09. The standard InChI is InChI=1S/C19H19F2N3O3/c1-11(25)12-4-3-5-14(10-12)19(16(26)24(2)18(22)23-19)13-6-8-15(9-7-13)27-17(20)21/h3-11,17,25H,1-2H3,(H2,22,23). The number of ether oxygens (including phenoxy) is 1. The molecule has 142 valence electrons. The summed E-state index contributed by atoms with van der Waals surface area (Å²) in [6.07, 6.45) is -0.737. The highest BCUT2D eigenvalue weighted by Crippen LogP contribution is 2.40. The minimum atomic E-state index is -2.94. The zero-order chi connectivity index (χ0) is 19.8. The molecule has 0 radical (unpaired) electrons. The smallest absolute Gasteiger partial charge is 0.387 e. The van der Waals surface area contributed by atoms with Crippen molar-refractivity contribution in [1.29, 1.82) is 0 Å². The Hall–Kier alpha value is -3.00. The van der Waals surface area contributed by atoms with Crippen molar-refractivity contribution in [3.05, 3.63) is 65.2 Å². The van der Waals surface area contributed by atoms with Crippen molar-refractivity contribution >= 4 is 11.9 Å². The Morgan fingerprint density at radius 3 is 2.37 bits per heavy atom. The summed E-state index contributed by atoms with van der Waals surface area (Å²) in [5.74, 6) is -0.377. The number of hydrogen-bond donors (Lipinski definition) is 2. The summed E-state index contributed by atoms with van der Waals surface area (Å²) in [4.78, 5) is 18.7. The fraction of sp³-hybridized carbons (Fsp3) is 0.263. The van der Waals surface area contributed by atoms with E-state index in [1.165, 1.54) is 36.2 Å². The maximum atomic E-state index is 13.1. The van der Waals surface area contributed by atoms with E-state index in [0.29, 0.717) is 16.7 Å². The Morgan fingerprint density at radius 1 is 1.19 bits per heavy atom. The molecule has 3 rings (SSSR count). The van der Waals surface area contributed by atoms with Crippen LogP contribution >= 0.6 is 0 Å². The summed E-state index contributed by atoms with van der Waals surface area (Å²) in [5.41, 5.74) is 6.00. The third-order valence-electron chi connectivity index (χ3n) is 4.52. The number of hydrogen-bond acceptors (Lipinski definition) is 5. The molecule has 2 aromatic rings. The van der Waals surface area contributed by atoms with Gasteiger partial charge in [-0.1, -0.05) is 30.3 Å². The SMILES string of the molecule is CC(O)c1cccc(C2(c3ccc(OC(F)F)cc3)N=C(N)N(C)C2=O)c1. The van der Waals surface area contributed by atoms with Gasteiger partial charge in [-0.15, -0.1) is 0 Å². The van der Waals surface area contributed by atoms with Crippen molar-refractivity contribution in [2.45, 2.75) is 25.2 Å². The molecule has 2 atom stereocenters. The lowest BCUT2D eigenvalue weighted by molar-refractivity contribution is -0.129. The van der Waals surface area contributed by atoms with Gasteiger partial charge in [-0.2, -0.15) is 8.78 Å². The third kappa shape index (κ3) is 3.23. The van der Waals surface area contributed by atoms with E-state index in [4.69, 9.17) is 5.73 Å². The number of benzene rings is 2. The van der Waals surface area contributed by atoms with E-state index < -0.39 is 18.3 Å². The van der Waals surface area contributed by atoms with Crippen molar-refractivity contribution in [3.63, 3.8) is 0 Å². The molecule has 0 bridgehead atoms. The molecule has 6 nitrogen and oxygen atoms in total. The topological polar surface area (TPSA) is 88.2 Å². The van der Waals surface area contributed by atoms with Gasteiger partial charge in [-0.25, -0.2) is 4.99 Å². The number of carbonyl (C=O) groups is 1. The van der Waals surface area contributed by atoms with Crippen LogP contribution in [-0.2, 0) is 10.3 Å². The second kappa shape index (κ2) is 6.96. The van der Waals surface area contributed by atoms with Crippen LogP contribution in [0.15, 0.2) is 53.5 Å². The lowest BCUT2D eigenvalue weighted by Gasteiger charge is -2.27. The number of amides is 1. The van der Waals surface area contributed by atoms with Crippen molar-refractivity contribution in [2.75, 3.05) is 7.05 Å². The number of halogens is 2. The molecule has 0 fully saturated rings. The number of rotatable bonds is 5. The molecule has 0 saturated heterocycles. The van der Waals surface area contributed by atoms with E-state index in [-0.39, 0.29) is 17.6 Å². The summed E-state index contributed by atoms with van der Waals surface area (Å²) in [7, 11) is 1.51. The first-order chi connectivity index (χ1) is 12.8. The van der Waals surface area contributed by atoms with Gasteiger partial charge in [0.05, 0.1) is 6.10 Å². The van der Waals surface area contributed by atoms with E-state index in [0.717, 1.165) is 0 Å². The second-order valence-corrected chi connectivity index (χ2v) is 6.25. The molecule has 2 aromatic carbocycles. The van der Waals surface area contributed by atoms with E-state index in [1.54, 1.807) is 31.2 Å². The van der Waals surface area contributed by atoms with Crippen molar-refractivity contribution in [2.24, 2.45) is 10.7 Å². The van der Waals surface area contributed by atoms with Gasteiger partial charge in [0.1, 0.15) is 5.75 Å². The quantitative estimate of drug-likeness (QED) is 0.840. The average Bonchev–Trinajstić information content (AvgIpc) is 2.87. The van der Waals surface area contributed by atoms with Crippen LogP contribution in [0.2, 0.25) is 0 Å². The highest BCUT2D eigenvalue weighted by molar-refractivity contribution is 6.08. The van der Waals surface area contributed by atoms with E-state index in [1.807, 2.05) is 0 Å². The molecular formula is C19H19F2N3O3. The summed E-state index contributed by atoms with van der Waals surface area (Å²) in [6.45, 7) is -1.33. The van der Waals surface area contributed by atoms with Gasteiger partial charge in [0.15, 0.2) is 11.5 Å². The zero-order valence-electron chi connectivity index (χ0n) is 14.8. The number of aliphatic hydroxyl groups is 1. The molecule has 1 heterocycles. The van der Waals surface area contributed by atoms with Crippen molar-refractivity contribution in [1.82, 2.24) is 4.90 Å². The molecule has 1 aliphatic heterocycles. The van der Waals surface area contributed by atoms with Crippen molar-refractivity contribution < 1.29 is 23.4 Å². The van der Waals surface area contributed by atoms with Gasteiger partial charge in [0.2, 0.25) is 0 Å². The highest BCUT2D eigenvalue weighted by atomic mass is 19.3. The number of aliphatic hydroxyl groups excluding tert-OH is 1. The number of alkyl halides is 2. The molecule has 8 heteroatoms. The van der Waals surface area contributed by atoms with Crippen LogP contribution in [0.3, 0.4) is 0 Å². The number of nitrogens with two attached hydrogens (primary N) is 1. The Bertz CT molecular complexity index is 884. The molecule has 0 spiro atoms.